The molecule has 0 aliphatic carbocycles. The molecule has 4 heteroatoms. The number of aromatic nitrogens is 1. The Kier molecular flexibility index (Phi) is 4.93. The summed E-state index contributed by atoms with van der Waals surface area (Å²) in [5.41, 5.74) is 8.14. The minimum atomic E-state index is -0.0501. The molecule has 0 radical (unpaired) electrons. The van der Waals surface area contributed by atoms with Gasteiger partial charge < -0.3 is 10.5 Å². The Morgan fingerprint density at radius 3 is 2.89 bits per heavy atom. The summed E-state index contributed by atoms with van der Waals surface area (Å²) >= 11 is 3.45. The maximum absolute atomic E-state index is 5.96. The van der Waals surface area contributed by atoms with Gasteiger partial charge in [0, 0.05) is 34.9 Å². The average Bonchev–Trinajstić information content (AvgIpc) is 2.41. The molecule has 1 aromatic heterocycles. The summed E-state index contributed by atoms with van der Waals surface area (Å²) in [5, 5.41) is 0. The third-order valence-corrected chi connectivity index (χ3v) is 3.33. The van der Waals surface area contributed by atoms with Crippen molar-refractivity contribution in [2.24, 2.45) is 5.73 Å². The third-order valence-electron chi connectivity index (χ3n) is 2.83. The molecule has 0 bridgehead atoms. The molecule has 0 unspecified atom stereocenters. The molecule has 2 aromatic rings. The Hall–Kier alpha value is -1.39. The summed E-state index contributed by atoms with van der Waals surface area (Å²) < 4.78 is 6.84. The van der Waals surface area contributed by atoms with Crippen molar-refractivity contribution in [1.29, 1.82) is 0 Å². The topological polar surface area (TPSA) is 48.1 Å². The Labute approximate surface area is 121 Å². The maximum atomic E-state index is 5.96. The number of nitrogens with two attached hydrogens (primary N) is 1. The molecule has 1 aromatic carbocycles. The number of nitrogens with zero attached hydrogens (tertiary/aromatic N) is 1. The normalized spacial score (nSPS) is 12.2. The highest BCUT2D eigenvalue weighted by atomic mass is 79.9. The van der Waals surface area contributed by atoms with Crippen LogP contribution >= 0.6 is 15.9 Å². The Morgan fingerprint density at radius 2 is 2.21 bits per heavy atom. The van der Waals surface area contributed by atoms with Crippen LogP contribution < -0.4 is 10.5 Å². The molecule has 2 N–H and O–H groups in total. The number of rotatable bonds is 5. The first-order valence-electron chi connectivity index (χ1n) is 6.23. The molecular formula is C15H17BrN2O. The lowest BCUT2D eigenvalue weighted by Crippen LogP contribution is -2.09. The van der Waals surface area contributed by atoms with Gasteiger partial charge in [-0.15, -0.1) is 0 Å². The van der Waals surface area contributed by atoms with E-state index in [1.165, 1.54) is 5.56 Å². The lowest BCUT2D eigenvalue weighted by atomic mass is 10.1. The molecule has 0 fully saturated rings. The first kappa shape index (κ1) is 14.0. The van der Waals surface area contributed by atoms with Gasteiger partial charge >= 0.3 is 0 Å². The lowest BCUT2D eigenvalue weighted by Gasteiger charge is -2.14. The number of halogens is 1. The predicted molar refractivity (Wildman–Crippen MR) is 80.2 cm³/mol. The zero-order valence-corrected chi connectivity index (χ0v) is 12.4. The third kappa shape index (κ3) is 4.04. The quantitative estimate of drug-likeness (QED) is 0.917. The van der Waals surface area contributed by atoms with Crippen LogP contribution in [-0.2, 0) is 6.42 Å². The standard InChI is InChI=1S/C15H17BrN2O/c1-11(17)14-9-13(16)4-5-15(14)19-8-6-12-3-2-7-18-10-12/h2-5,7,9-11H,6,8,17H2,1H3/t11-/m0/s1. The van der Waals surface area contributed by atoms with Gasteiger partial charge in [0.25, 0.3) is 0 Å². The van der Waals surface area contributed by atoms with Gasteiger partial charge in [-0.2, -0.15) is 0 Å². The fourth-order valence-corrected chi connectivity index (χ4v) is 2.21. The van der Waals surface area contributed by atoms with Crippen molar-refractivity contribution in [2.45, 2.75) is 19.4 Å². The van der Waals surface area contributed by atoms with Crippen LogP contribution in [0.2, 0.25) is 0 Å². The fourth-order valence-electron chi connectivity index (χ4n) is 1.83. The van der Waals surface area contributed by atoms with Crippen LogP contribution in [0.25, 0.3) is 0 Å². The van der Waals surface area contributed by atoms with Crippen molar-refractivity contribution in [3.63, 3.8) is 0 Å². The minimum absolute atomic E-state index is 0.0501. The van der Waals surface area contributed by atoms with Gasteiger partial charge in [-0.3, -0.25) is 4.98 Å². The molecular weight excluding hydrogens is 304 g/mol. The first-order valence-corrected chi connectivity index (χ1v) is 7.03. The van der Waals surface area contributed by atoms with E-state index >= 15 is 0 Å². The smallest absolute Gasteiger partial charge is 0.124 e. The molecule has 0 amide bonds. The van der Waals surface area contributed by atoms with Gasteiger partial charge in [-0.05, 0) is 36.8 Å². The highest BCUT2D eigenvalue weighted by Crippen LogP contribution is 2.27. The SMILES string of the molecule is C[C@H](N)c1cc(Br)ccc1OCCc1cccnc1. The first-order chi connectivity index (χ1) is 9.16. The van der Waals surface area contributed by atoms with Crippen molar-refractivity contribution in [3.05, 3.63) is 58.3 Å². The summed E-state index contributed by atoms with van der Waals surface area (Å²) in [6, 6.07) is 9.85. The molecule has 2 rings (SSSR count). The second-order valence-electron chi connectivity index (χ2n) is 4.43. The van der Waals surface area contributed by atoms with E-state index in [4.69, 9.17) is 10.5 Å². The summed E-state index contributed by atoms with van der Waals surface area (Å²) in [4.78, 5) is 4.09. The van der Waals surface area contributed by atoms with E-state index in [-0.39, 0.29) is 6.04 Å². The Bertz CT molecular complexity index is 529. The van der Waals surface area contributed by atoms with Crippen LogP contribution in [0.3, 0.4) is 0 Å². The van der Waals surface area contributed by atoms with Crippen LogP contribution in [0.1, 0.15) is 24.1 Å². The van der Waals surface area contributed by atoms with Crippen LogP contribution in [0.15, 0.2) is 47.2 Å². The van der Waals surface area contributed by atoms with E-state index in [1.54, 1.807) is 6.20 Å². The summed E-state index contributed by atoms with van der Waals surface area (Å²) in [7, 11) is 0. The van der Waals surface area contributed by atoms with Crippen molar-refractivity contribution < 1.29 is 4.74 Å². The lowest BCUT2D eigenvalue weighted by molar-refractivity contribution is 0.317. The Balaban J connectivity index is 2.00. The summed E-state index contributed by atoms with van der Waals surface area (Å²) in [6.07, 6.45) is 4.47. The molecule has 0 spiro atoms. The molecule has 1 heterocycles. The van der Waals surface area contributed by atoms with Crippen LogP contribution in [0.4, 0.5) is 0 Å². The number of hydrogen-bond donors (Lipinski definition) is 1. The minimum Gasteiger partial charge on any atom is -0.493 e. The second-order valence-corrected chi connectivity index (χ2v) is 5.35. The zero-order chi connectivity index (χ0) is 13.7. The Morgan fingerprint density at radius 1 is 1.37 bits per heavy atom. The van der Waals surface area contributed by atoms with Gasteiger partial charge in [0.2, 0.25) is 0 Å². The molecule has 0 aliphatic heterocycles. The van der Waals surface area contributed by atoms with Gasteiger partial charge in [-0.1, -0.05) is 22.0 Å². The van der Waals surface area contributed by atoms with E-state index in [0.29, 0.717) is 6.61 Å². The molecule has 1 atom stereocenters. The van der Waals surface area contributed by atoms with Gasteiger partial charge in [0.05, 0.1) is 6.61 Å². The number of ether oxygens (including phenoxy) is 1. The van der Waals surface area contributed by atoms with Gasteiger partial charge in [-0.25, -0.2) is 0 Å². The largest absolute Gasteiger partial charge is 0.493 e. The molecule has 0 saturated heterocycles. The van der Waals surface area contributed by atoms with Crippen molar-refractivity contribution in [3.8, 4) is 5.75 Å². The van der Waals surface area contributed by atoms with Gasteiger partial charge in [0.15, 0.2) is 0 Å². The van der Waals surface area contributed by atoms with E-state index in [1.807, 2.05) is 43.5 Å². The van der Waals surface area contributed by atoms with Crippen molar-refractivity contribution in [1.82, 2.24) is 4.98 Å². The predicted octanol–water partition coefficient (Wildman–Crippen LogP) is 3.49. The second kappa shape index (κ2) is 6.68. The number of benzene rings is 1. The fraction of sp³-hybridized carbons (Fsp3) is 0.267. The molecule has 19 heavy (non-hydrogen) atoms. The zero-order valence-electron chi connectivity index (χ0n) is 10.8. The monoisotopic (exact) mass is 320 g/mol. The van der Waals surface area contributed by atoms with Crippen LogP contribution in [0.5, 0.6) is 5.75 Å². The molecule has 0 aliphatic rings. The highest BCUT2D eigenvalue weighted by Gasteiger charge is 2.08. The van der Waals surface area contributed by atoms with Crippen LogP contribution in [-0.4, -0.2) is 11.6 Å². The number of hydrogen-bond acceptors (Lipinski definition) is 3. The van der Waals surface area contributed by atoms with E-state index in [9.17, 15) is 0 Å². The van der Waals surface area contributed by atoms with E-state index < -0.39 is 0 Å². The molecule has 0 saturated carbocycles. The highest BCUT2D eigenvalue weighted by molar-refractivity contribution is 9.10. The summed E-state index contributed by atoms with van der Waals surface area (Å²) in [6.45, 7) is 2.57. The summed E-state index contributed by atoms with van der Waals surface area (Å²) in [5.74, 6) is 0.849. The maximum Gasteiger partial charge on any atom is 0.124 e. The van der Waals surface area contributed by atoms with Crippen LogP contribution in [0, 0.1) is 0 Å². The number of pyridine rings is 1. The van der Waals surface area contributed by atoms with Crippen molar-refractivity contribution in [2.75, 3.05) is 6.61 Å². The molecule has 3 nitrogen and oxygen atoms in total. The van der Waals surface area contributed by atoms with E-state index in [0.717, 1.165) is 22.2 Å². The van der Waals surface area contributed by atoms with Gasteiger partial charge in [0.1, 0.15) is 5.75 Å². The average molecular weight is 321 g/mol. The van der Waals surface area contributed by atoms with Crippen molar-refractivity contribution >= 4 is 15.9 Å². The molecule has 100 valence electrons. The van der Waals surface area contributed by atoms with E-state index in [2.05, 4.69) is 20.9 Å².